The second kappa shape index (κ2) is 10.9. The summed E-state index contributed by atoms with van der Waals surface area (Å²) in [5, 5.41) is 26.1. The van der Waals surface area contributed by atoms with Crippen molar-refractivity contribution in [2.24, 2.45) is 0 Å². The zero-order chi connectivity index (χ0) is 26.6. The minimum absolute atomic E-state index is 0.0346. The van der Waals surface area contributed by atoms with Gasteiger partial charge in [-0.05, 0) is 39.0 Å². The van der Waals surface area contributed by atoms with Gasteiger partial charge in [-0.3, -0.25) is 9.48 Å². The van der Waals surface area contributed by atoms with Crippen molar-refractivity contribution < 1.29 is 19.0 Å². The van der Waals surface area contributed by atoms with Crippen LogP contribution in [0, 0.1) is 11.3 Å². The van der Waals surface area contributed by atoms with Crippen LogP contribution in [-0.4, -0.2) is 72.6 Å². The normalized spacial score (nSPS) is 17.8. The second-order valence-electron chi connectivity index (χ2n) is 9.70. The van der Waals surface area contributed by atoms with Crippen LogP contribution in [0.15, 0.2) is 36.9 Å². The first-order valence-electron chi connectivity index (χ1n) is 11.9. The van der Waals surface area contributed by atoms with Gasteiger partial charge in [-0.25, -0.2) is 14.4 Å². The van der Waals surface area contributed by atoms with Crippen molar-refractivity contribution in [3.63, 3.8) is 0 Å². The molecular weight excluding hydrogens is 479 g/mol. The number of hydrogen-bond acceptors (Lipinski definition) is 9. The number of carbonyl (C=O) groups excluding carboxylic acids is 1. The van der Waals surface area contributed by atoms with E-state index in [0.29, 0.717) is 23.9 Å². The highest BCUT2D eigenvalue weighted by Gasteiger charge is 2.33. The van der Waals surface area contributed by atoms with Crippen LogP contribution in [0.3, 0.4) is 0 Å². The number of amides is 1. The van der Waals surface area contributed by atoms with Gasteiger partial charge in [0.15, 0.2) is 12.0 Å². The minimum Gasteiger partial charge on any atom is -0.486 e. The molecule has 2 aromatic heterocycles. The molecule has 0 radical (unpaired) electrons. The Labute approximate surface area is 213 Å². The molecule has 0 spiro atoms. The van der Waals surface area contributed by atoms with Gasteiger partial charge in [-0.15, -0.1) is 0 Å². The van der Waals surface area contributed by atoms with E-state index in [-0.39, 0.29) is 48.8 Å². The van der Waals surface area contributed by atoms with Crippen molar-refractivity contribution in [3.8, 4) is 23.2 Å². The van der Waals surface area contributed by atoms with E-state index in [1.165, 1.54) is 11.2 Å². The van der Waals surface area contributed by atoms with Crippen LogP contribution in [-0.2, 0) is 10.3 Å². The van der Waals surface area contributed by atoms with Gasteiger partial charge in [0.25, 0.3) is 0 Å². The Morgan fingerprint density at radius 1 is 1.35 bits per heavy atom. The van der Waals surface area contributed by atoms with Crippen LogP contribution < -0.4 is 10.1 Å². The number of ether oxygens (including phenoxy) is 1. The molecule has 3 aromatic rings. The van der Waals surface area contributed by atoms with Crippen LogP contribution in [0.2, 0.25) is 0 Å². The number of carbonyl (C=O) groups is 1. The van der Waals surface area contributed by atoms with Crippen LogP contribution in [0.25, 0.3) is 11.4 Å². The average Bonchev–Trinajstić information content (AvgIpc) is 3.35. The van der Waals surface area contributed by atoms with Crippen molar-refractivity contribution in [2.75, 3.05) is 25.0 Å². The first-order chi connectivity index (χ1) is 17.7. The van der Waals surface area contributed by atoms with Crippen LogP contribution in [0.1, 0.15) is 39.2 Å². The highest BCUT2D eigenvalue weighted by molar-refractivity contribution is 5.76. The molecule has 1 aromatic carbocycles. The highest BCUT2D eigenvalue weighted by atomic mass is 19.1. The molecule has 1 saturated heterocycles. The van der Waals surface area contributed by atoms with Crippen molar-refractivity contribution in [1.29, 1.82) is 5.26 Å². The molecule has 37 heavy (non-hydrogen) atoms. The third-order valence-electron chi connectivity index (χ3n) is 5.89. The number of rotatable bonds is 7. The zero-order valence-corrected chi connectivity index (χ0v) is 20.9. The molecule has 0 bridgehead atoms. The molecule has 0 saturated carbocycles. The number of nitrogens with one attached hydrogen (secondary N) is 1. The monoisotopic (exact) mass is 508 g/mol. The fourth-order valence-corrected chi connectivity index (χ4v) is 3.90. The van der Waals surface area contributed by atoms with E-state index in [4.69, 9.17) is 9.84 Å². The number of alkyl halides is 1. The standard InChI is InChI=1S/C25H29FN8O3/c1-25(2,3)34-13-18(12-30-34)31-24-29-15-28-23(32-24)16-4-5-20(17(10-16)11-27)37-21-6-8-33(14-19(21)26)22(36)7-9-35/h4-5,10,12-13,15,19,21,35H,6-9,14H2,1-3H3,(H,28,29,31,32)/t19-,21?/m1/s1. The summed E-state index contributed by atoms with van der Waals surface area (Å²) in [5.41, 5.74) is 1.34. The summed E-state index contributed by atoms with van der Waals surface area (Å²) in [5.74, 6) is 0.624. The molecule has 2 N–H and O–H groups in total. The summed E-state index contributed by atoms with van der Waals surface area (Å²) in [6, 6.07) is 6.96. The molecule has 3 heterocycles. The molecule has 4 rings (SSSR count). The highest BCUT2D eigenvalue weighted by Crippen LogP contribution is 2.28. The number of piperidine rings is 1. The van der Waals surface area contributed by atoms with Gasteiger partial charge in [0.2, 0.25) is 11.9 Å². The second-order valence-corrected chi connectivity index (χ2v) is 9.70. The van der Waals surface area contributed by atoms with Gasteiger partial charge >= 0.3 is 0 Å². The van der Waals surface area contributed by atoms with E-state index in [1.54, 1.807) is 24.4 Å². The van der Waals surface area contributed by atoms with E-state index in [9.17, 15) is 14.4 Å². The number of halogens is 1. The number of aliphatic hydroxyl groups is 1. The predicted octanol–water partition coefficient (Wildman–Crippen LogP) is 2.81. The largest absolute Gasteiger partial charge is 0.486 e. The molecule has 1 fully saturated rings. The summed E-state index contributed by atoms with van der Waals surface area (Å²) in [7, 11) is 0. The van der Waals surface area contributed by atoms with Crippen molar-refractivity contribution >= 4 is 17.5 Å². The summed E-state index contributed by atoms with van der Waals surface area (Å²) in [6.45, 7) is 6.06. The molecule has 1 aliphatic heterocycles. The first-order valence-corrected chi connectivity index (χ1v) is 11.9. The Hall–Kier alpha value is -4.11. The summed E-state index contributed by atoms with van der Waals surface area (Å²) in [6.07, 6.45) is 2.94. The van der Waals surface area contributed by atoms with E-state index >= 15 is 0 Å². The number of aromatic nitrogens is 5. The molecule has 2 atom stereocenters. The third kappa shape index (κ3) is 6.18. The van der Waals surface area contributed by atoms with E-state index in [0.717, 1.165) is 5.69 Å². The zero-order valence-electron chi connectivity index (χ0n) is 20.9. The summed E-state index contributed by atoms with van der Waals surface area (Å²) >= 11 is 0. The Balaban J connectivity index is 1.46. The van der Waals surface area contributed by atoms with E-state index in [1.807, 2.05) is 31.6 Å². The van der Waals surface area contributed by atoms with Crippen molar-refractivity contribution in [2.45, 2.75) is 51.4 Å². The molecule has 1 amide bonds. The maximum atomic E-state index is 14.8. The summed E-state index contributed by atoms with van der Waals surface area (Å²) < 4.78 is 22.4. The Kier molecular flexibility index (Phi) is 7.63. The van der Waals surface area contributed by atoms with Gasteiger partial charge in [-0.2, -0.15) is 15.3 Å². The van der Waals surface area contributed by atoms with E-state index in [2.05, 4.69) is 31.4 Å². The van der Waals surface area contributed by atoms with Crippen LogP contribution in [0.5, 0.6) is 5.75 Å². The van der Waals surface area contributed by atoms with Gasteiger partial charge in [0.05, 0.1) is 36.1 Å². The van der Waals surface area contributed by atoms with Gasteiger partial charge in [0.1, 0.15) is 24.3 Å². The lowest BCUT2D eigenvalue weighted by molar-refractivity contribution is -0.135. The lowest BCUT2D eigenvalue weighted by Gasteiger charge is -2.34. The van der Waals surface area contributed by atoms with Crippen LogP contribution >= 0.6 is 0 Å². The lowest BCUT2D eigenvalue weighted by atomic mass is 10.0. The quantitative estimate of drug-likeness (QED) is 0.492. The number of likely N-dealkylation sites (tertiary alicyclic amines) is 1. The Morgan fingerprint density at radius 2 is 2.16 bits per heavy atom. The number of nitriles is 1. The SMILES string of the molecule is CC(C)(C)n1cc(Nc2ncnc(-c3ccc(OC4CCN(C(=O)CCO)C[C@H]4F)c(C#N)c3)n2)cn1. The molecule has 11 nitrogen and oxygen atoms in total. The molecular formula is C25H29FN8O3. The number of benzene rings is 1. The minimum atomic E-state index is -1.41. The smallest absolute Gasteiger partial charge is 0.230 e. The van der Waals surface area contributed by atoms with Gasteiger partial charge in [0, 0.05) is 31.1 Å². The fraction of sp³-hybridized carbons (Fsp3) is 0.440. The third-order valence-corrected chi connectivity index (χ3v) is 5.89. The van der Waals surface area contributed by atoms with Gasteiger partial charge < -0.3 is 20.1 Å². The molecule has 1 aliphatic rings. The number of aliphatic hydroxyl groups excluding tert-OH is 1. The topological polar surface area (TPSA) is 142 Å². The molecule has 1 unspecified atom stereocenters. The molecule has 194 valence electrons. The van der Waals surface area contributed by atoms with Gasteiger partial charge in [-0.1, -0.05) is 0 Å². The first kappa shape index (κ1) is 26.0. The maximum absolute atomic E-state index is 14.8. The average molecular weight is 509 g/mol. The van der Waals surface area contributed by atoms with Crippen molar-refractivity contribution in [1.82, 2.24) is 29.6 Å². The molecule has 0 aliphatic carbocycles. The Bertz CT molecular complexity index is 1300. The molecule has 12 heteroatoms. The maximum Gasteiger partial charge on any atom is 0.230 e. The van der Waals surface area contributed by atoms with Crippen molar-refractivity contribution in [3.05, 3.63) is 42.5 Å². The fourth-order valence-electron chi connectivity index (χ4n) is 3.90. The predicted molar refractivity (Wildman–Crippen MR) is 133 cm³/mol. The van der Waals surface area contributed by atoms with E-state index < -0.39 is 12.3 Å². The number of anilines is 2. The Morgan fingerprint density at radius 3 is 2.84 bits per heavy atom. The van der Waals surface area contributed by atoms with Crippen LogP contribution in [0.4, 0.5) is 16.0 Å². The number of hydrogen-bond donors (Lipinski definition) is 2. The number of nitrogens with zero attached hydrogens (tertiary/aromatic N) is 7. The summed E-state index contributed by atoms with van der Waals surface area (Å²) in [4.78, 5) is 26.2. The lowest BCUT2D eigenvalue weighted by Crippen LogP contribution is -2.49.